The molecular formula is C32H45B3FN5O2. The number of hydrogen-bond acceptors (Lipinski definition) is 4. The van der Waals surface area contributed by atoms with Gasteiger partial charge in [-0.25, -0.2) is 4.39 Å². The van der Waals surface area contributed by atoms with Crippen LogP contribution < -0.4 is 0 Å². The minimum atomic E-state index is -0.422. The molecule has 11 heteroatoms. The number of carbonyl (C=O) groups is 2. The van der Waals surface area contributed by atoms with Crippen LogP contribution in [0.2, 0.25) is 0 Å². The van der Waals surface area contributed by atoms with Crippen LogP contribution in [0.25, 0.3) is 16.6 Å². The number of aryl methyl sites for hydroxylation is 1. The van der Waals surface area contributed by atoms with Crippen molar-refractivity contribution >= 4 is 46.3 Å². The van der Waals surface area contributed by atoms with Gasteiger partial charge in [0.15, 0.2) is 0 Å². The highest BCUT2D eigenvalue weighted by Gasteiger charge is 2.32. The molecule has 0 unspecified atom stereocenters. The second kappa shape index (κ2) is 12.5. The van der Waals surface area contributed by atoms with Crippen LogP contribution in [0.5, 0.6) is 0 Å². The van der Waals surface area contributed by atoms with E-state index in [0.717, 1.165) is 69.5 Å². The molecule has 2 aliphatic rings. The summed E-state index contributed by atoms with van der Waals surface area (Å²) in [5, 5.41) is 0.750. The topological polar surface area (TPSA) is 61.7 Å². The zero-order chi connectivity index (χ0) is 31.1. The molecule has 43 heavy (non-hydrogen) atoms. The van der Waals surface area contributed by atoms with Gasteiger partial charge in [-0.15, -0.1) is 0 Å². The van der Waals surface area contributed by atoms with E-state index in [-0.39, 0.29) is 17.9 Å². The van der Waals surface area contributed by atoms with E-state index in [1.165, 1.54) is 23.1 Å². The van der Waals surface area contributed by atoms with Crippen LogP contribution in [-0.2, 0) is 11.2 Å². The number of rotatable bonds is 8. The van der Waals surface area contributed by atoms with Crippen LogP contribution in [0.15, 0.2) is 36.8 Å². The Balaban J connectivity index is 1.41. The molecule has 0 aliphatic carbocycles. The molecule has 1 atom stereocenters. The minimum Gasteiger partial charge on any atom is -0.354 e. The van der Waals surface area contributed by atoms with Gasteiger partial charge in [-0.1, -0.05) is 0 Å². The molecule has 7 nitrogen and oxygen atoms in total. The number of halogens is 1. The summed E-state index contributed by atoms with van der Waals surface area (Å²) in [6, 6.07) is 4.50. The monoisotopic (exact) mass is 583 g/mol. The normalized spacial score (nSPS) is 18.6. The molecule has 1 aromatic carbocycles. The van der Waals surface area contributed by atoms with Gasteiger partial charge in [0.25, 0.3) is 5.91 Å². The van der Waals surface area contributed by atoms with E-state index >= 15 is 0 Å². The molecule has 2 aromatic heterocycles. The molecule has 226 valence electrons. The molecule has 2 amide bonds. The molecule has 2 aliphatic heterocycles. The van der Waals surface area contributed by atoms with Crippen LogP contribution in [0.4, 0.5) is 4.39 Å². The molecule has 2 saturated heterocycles. The minimum absolute atomic E-state index is 0.0449. The highest BCUT2D eigenvalue weighted by atomic mass is 19.1. The number of hydrogen-bond donors (Lipinski definition) is 0. The molecular weight excluding hydrogens is 538 g/mol. The SMILES string of the molecule is BC(B)(B)N(C(=O)c1cc(F)ccc1-n1cc(C[C@@H]2CCN(CC3CCN(C(C)=O)CC3)C2)c2c(C)cncc21)C(C)C. The molecule has 0 bridgehead atoms. The maximum Gasteiger partial charge on any atom is 0.254 e. The lowest BCUT2D eigenvalue weighted by Gasteiger charge is -2.40. The van der Waals surface area contributed by atoms with E-state index < -0.39 is 11.1 Å². The Hall–Kier alpha value is -3.07. The molecule has 4 heterocycles. The lowest BCUT2D eigenvalue weighted by atomic mass is 9.48. The van der Waals surface area contributed by atoms with Gasteiger partial charge in [0, 0.05) is 56.9 Å². The highest BCUT2D eigenvalue weighted by Crippen LogP contribution is 2.33. The Morgan fingerprint density at radius 3 is 2.44 bits per heavy atom. The third-order valence-electron chi connectivity index (χ3n) is 9.34. The summed E-state index contributed by atoms with van der Waals surface area (Å²) < 4.78 is 16.7. The van der Waals surface area contributed by atoms with Gasteiger partial charge in [0.05, 0.1) is 23.0 Å². The first-order chi connectivity index (χ1) is 20.3. The van der Waals surface area contributed by atoms with Crippen molar-refractivity contribution in [2.45, 2.75) is 64.7 Å². The number of nitrogens with zero attached hydrogens (tertiary/aromatic N) is 5. The summed E-state index contributed by atoms with van der Waals surface area (Å²) in [6.45, 7) is 12.8. The van der Waals surface area contributed by atoms with Gasteiger partial charge in [0.1, 0.15) is 29.4 Å². The Morgan fingerprint density at radius 1 is 1.09 bits per heavy atom. The number of benzene rings is 1. The molecule has 0 radical (unpaired) electrons. The number of pyridine rings is 1. The van der Waals surface area contributed by atoms with Crippen molar-refractivity contribution in [2.24, 2.45) is 11.8 Å². The fourth-order valence-electron chi connectivity index (χ4n) is 7.48. The molecule has 0 N–H and O–H groups in total. The maximum absolute atomic E-state index is 14.7. The van der Waals surface area contributed by atoms with E-state index in [1.807, 2.05) is 64.1 Å². The third kappa shape index (κ3) is 6.72. The van der Waals surface area contributed by atoms with Crippen LogP contribution in [0, 0.1) is 24.6 Å². The number of fused-ring (bicyclic) bond motifs is 1. The second-order valence-electron chi connectivity index (χ2n) is 14.0. The quantitative estimate of drug-likeness (QED) is 0.381. The van der Waals surface area contributed by atoms with Crippen LogP contribution >= 0.6 is 0 Å². The van der Waals surface area contributed by atoms with Gasteiger partial charge >= 0.3 is 0 Å². The van der Waals surface area contributed by atoms with Crippen LogP contribution in [0.3, 0.4) is 0 Å². The second-order valence-corrected chi connectivity index (χ2v) is 14.0. The molecule has 0 spiro atoms. The van der Waals surface area contributed by atoms with Crippen molar-refractivity contribution in [3.05, 3.63) is 59.3 Å². The predicted molar refractivity (Wildman–Crippen MR) is 179 cm³/mol. The number of amides is 2. The standard InChI is InChI=1S/C32H45B3FN5O2/c1-20(2)41(32(33,34)35)31(43)27-14-26(36)5-6-28(27)40-19-25(30-21(3)15-37-16-29(30)40)13-24-7-10-38(18-24)17-23-8-11-39(12-9-23)22(4)42/h5-6,14-16,19-20,23-24H,7-13,17-18,33-35H2,1-4H3/t24-/m0/s1. The largest absolute Gasteiger partial charge is 0.354 e. The van der Waals surface area contributed by atoms with Crippen molar-refractivity contribution in [2.75, 3.05) is 32.7 Å². The highest BCUT2D eigenvalue weighted by molar-refractivity contribution is 6.60. The fraction of sp³-hybridized carbons (Fsp3) is 0.531. The number of piperidine rings is 1. The summed E-state index contributed by atoms with van der Waals surface area (Å²) in [5.74, 6) is 0.774. The third-order valence-corrected chi connectivity index (χ3v) is 9.34. The zero-order valence-electron chi connectivity index (χ0n) is 27.0. The van der Waals surface area contributed by atoms with E-state index in [1.54, 1.807) is 13.0 Å². The first-order valence-electron chi connectivity index (χ1n) is 15.9. The number of carbonyl (C=O) groups excluding carboxylic acids is 2. The van der Waals surface area contributed by atoms with Crippen molar-refractivity contribution in [3.63, 3.8) is 0 Å². The summed E-state index contributed by atoms with van der Waals surface area (Å²) >= 11 is 0. The number of aromatic nitrogens is 2. The van der Waals surface area contributed by atoms with Crippen molar-refractivity contribution in [1.29, 1.82) is 0 Å². The zero-order valence-corrected chi connectivity index (χ0v) is 27.0. The van der Waals surface area contributed by atoms with E-state index in [9.17, 15) is 14.0 Å². The van der Waals surface area contributed by atoms with Crippen molar-refractivity contribution in [3.8, 4) is 5.69 Å². The summed E-state index contributed by atoms with van der Waals surface area (Å²) in [4.78, 5) is 36.7. The van der Waals surface area contributed by atoms with Gasteiger partial charge in [-0.05, 0) is 99.4 Å². The first-order valence-corrected chi connectivity index (χ1v) is 15.9. The molecule has 3 aromatic rings. The van der Waals surface area contributed by atoms with Gasteiger partial charge in [0.2, 0.25) is 5.91 Å². The average Bonchev–Trinajstić information content (AvgIpc) is 3.53. The predicted octanol–water partition coefficient (Wildman–Crippen LogP) is 1.96. The lowest BCUT2D eigenvalue weighted by molar-refractivity contribution is -0.130. The Kier molecular flexibility index (Phi) is 9.12. The molecule has 0 saturated carbocycles. The van der Waals surface area contributed by atoms with E-state index in [0.29, 0.717) is 23.1 Å². The Morgan fingerprint density at radius 2 is 1.79 bits per heavy atom. The summed E-state index contributed by atoms with van der Waals surface area (Å²) in [7, 11) is 6.04. The Labute approximate surface area is 258 Å². The molecule has 5 rings (SSSR count). The summed E-state index contributed by atoms with van der Waals surface area (Å²) in [5.41, 5.74) is 4.32. The summed E-state index contributed by atoms with van der Waals surface area (Å²) in [6.07, 6.45) is 10.2. The van der Waals surface area contributed by atoms with Gasteiger partial charge in [-0.2, -0.15) is 0 Å². The van der Waals surface area contributed by atoms with Gasteiger partial charge < -0.3 is 19.3 Å². The maximum atomic E-state index is 14.7. The Bertz CT molecular complexity index is 1500. The molecule has 2 fully saturated rings. The van der Waals surface area contributed by atoms with Crippen molar-refractivity contribution < 1.29 is 14.0 Å². The average molecular weight is 583 g/mol. The van der Waals surface area contributed by atoms with Crippen LogP contribution in [0.1, 0.15) is 61.5 Å². The number of likely N-dealkylation sites (tertiary alicyclic amines) is 2. The van der Waals surface area contributed by atoms with E-state index in [2.05, 4.69) is 23.0 Å². The smallest absolute Gasteiger partial charge is 0.254 e. The van der Waals surface area contributed by atoms with Crippen molar-refractivity contribution in [1.82, 2.24) is 24.3 Å². The lowest BCUT2D eigenvalue weighted by Crippen LogP contribution is -2.56. The first kappa shape index (κ1) is 31.4. The van der Waals surface area contributed by atoms with E-state index in [4.69, 9.17) is 0 Å². The van der Waals surface area contributed by atoms with Crippen LogP contribution in [-0.4, -0.2) is 104 Å². The fourth-order valence-corrected chi connectivity index (χ4v) is 7.48. The van der Waals surface area contributed by atoms with Gasteiger partial charge in [-0.3, -0.25) is 14.6 Å².